The van der Waals surface area contributed by atoms with Gasteiger partial charge in [-0.1, -0.05) is 35.1 Å². The zero-order valence-electron chi connectivity index (χ0n) is 10.6. The summed E-state index contributed by atoms with van der Waals surface area (Å²) in [7, 11) is 0. The first-order valence-corrected chi connectivity index (χ1v) is 7.08. The van der Waals surface area contributed by atoms with Crippen LogP contribution in [-0.4, -0.2) is 14.8 Å². The summed E-state index contributed by atoms with van der Waals surface area (Å²) in [6.07, 6.45) is 1.87. The van der Waals surface area contributed by atoms with Crippen LogP contribution in [0.3, 0.4) is 0 Å². The van der Waals surface area contributed by atoms with E-state index in [9.17, 15) is 0 Å². The van der Waals surface area contributed by atoms with Gasteiger partial charge in [-0.2, -0.15) is 5.10 Å². The molecule has 0 saturated carbocycles. The molecular weight excluding hydrogens is 278 g/mol. The van der Waals surface area contributed by atoms with Crippen molar-refractivity contribution in [2.24, 2.45) is 0 Å². The van der Waals surface area contributed by atoms with Crippen molar-refractivity contribution < 1.29 is 0 Å². The van der Waals surface area contributed by atoms with Crippen LogP contribution in [0, 0.1) is 13.8 Å². The van der Waals surface area contributed by atoms with Crippen molar-refractivity contribution in [2.45, 2.75) is 13.8 Å². The average Bonchev–Trinajstić information content (AvgIpc) is 2.97. The Balaban J connectivity index is 1.99. The molecule has 0 N–H and O–H groups in total. The van der Waals surface area contributed by atoms with Crippen molar-refractivity contribution in [3.8, 4) is 15.6 Å². The summed E-state index contributed by atoms with van der Waals surface area (Å²) in [5.74, 6) is 0. The topological polar surface area (TPSA) is 30.7 Å². The second kappa shape index (κ2) is 4.79. The van der Waals surface area contributed by atoms with Gasteiger partial charge in [0.1, 0.15) is 0 Å². The quantitative estimate of drug-likeness (QED) is 0.705. The third-order valence-electron chi connectivity index (χ3n) is 2.81. The molecule has 3 rings (SSSR count). The maximum Gasteiger partial charge on any atom is 0.211 e. The summed E-state index contributed by atoms with van der Waals surface area (Å²) in [5, 5.41) is 6.07. The minimum absolute atomic E-state index is 0.743. The predicted octanol–water partition coefficient (Wildman–Crippen LogP) is 4.27. The lowest BCUT2D eigenvalue weighted by Crippen LogP contribution is -1.97. The highest BCUT2D eigenvalue weighted by Crippen LogP contribution is 2.29. The van der Waals surface area contributed by atoms with Gasteiger partial charge in [0, 0.05) is 16.9 Å². The van der Waals surface area contributed by atoms with Gasteiger partial charge >= 0.3 is 0 Å². The van der Waals surface area contributed by atoms with Crippen molar-refractivity contribution in [2.75, 3.05) is 0 Å². The number of benzene rings is 1. The Morgan fingerprint density at radius 1 is 1.16 bits per heavy atom. The molecule has 0 amide bonds. The molecule has 3 nitrogen and oxygen atoms in total. The van der Waals surface area contributed by atoms with Crippen molar-refractivity contribution in [3.63, 3.8) is 0 Å². The number of thiazole rings is 1. The number of nitrogens with zero attached hydrogens (tertiary/aromatic N) is 3. The van der Waals surface area contributed by atoms with E-state index in [2.05, 4.69) is 10.1 Å². The summed E-state index contributed by atoms with van der Waals surface area (Å²) < 4.78 is 1.87. The van der Waals surface area contributed by atoms with Gasteiger partial charge in [0.05, 0.1) is 10.6 Å². The minimum atomic E-state index is 0.743. The molecule has 3 aromatic rings. The number of aromatic nitrogens is 3. The van der Waals surface area contributed by atoms with Crippen molar-refractivity contribution in [1.82, 2.24) is 14.8 Å². The monoisotopic (exact) mass is 289 g/mol. The summed E-state index contributed by atoms with van der Waals surface area (Å²) in [6, 6.07) is 9.82. The van der Waals surface area contributed by atoms with Crippen molar-refractivity contribution >= 4 is 22.9 Å². The molecule has 0 radical (unpaired) electrons. The fourth-order valence-corrected chi connectivity index (χ4v) is 2.99. The molecule has 0 fully saturated rings. The molecule has 0 saturated heterocycles. The molecule has 0 atom stereocenters. The Labute approximate surface area is 120 Å². The number of halogens is 1. The van der Waals surface area contributed by atoms with Crippen molar-refractivity contribution in [1.29, 1.82) is 0 Å². The fraction of sp³-hybridized carbons (Fsp3) is 0.143. The predicted molar refractivity (Wildman–Crippen MR) is 79.2 cm³/mol. The first-order valence-electron chi connectivity index (χ1n) is 5.89. The van der Waals surface area contributed by atoms with E-state index < -0.39 is 0 Å². The van der Waals surface area contributed by atoms with Crippen LogP contribution in [0.25, 0.3) is 15.6 Å². The second-order valence-electron chi connectivity index (χ2n) is 4.35. The number of hydrogen-bond donors (Lipinski definition) is 0. The molecule has 1 aromatic carbocycles. The molecular formula is C14H12ClN3S. The number of rotatable bonds is 2. The highest BCUT2D eigenvalue weighted by atomic mass is 35.5. The Hall–Kier alpha value is -1.65. The van der Waals surface area contributed by atoms with E-state index in [0.717, 1.165) is 32.0 Å². The molecule has 0 aliphatic rings. The van der Waals surface area contributed by atoms with Crippen LogP contribution >= 0.6 is 22.9 Å². The third-order valence-corrected chi connectivity index (χ3v) is 4.09. The van der Waals surface area contributed by atoms with Gasteiger partial charge in [-0.25, -0.2) is 9.67 Å². The molecule has 19 heavy (non-hydrogen) atoms. The van der Waals surface area contributed by atoms with Gasteiger partial charge in [0.2, 0.25) is 5.13 Å². The smallest absolute Gasteiger partial charge is 0.211 e. The van der Waals surface area contributed by atoms with Crippen LogP contribution < -0.4 is 0 Å². The second-order valence-corrected chi connectivity index (χ2v) is 5.80. The summed E-state index contributed by atoms with van der Waals surface area (Å²) in [4.78, 5) is 5.56. The van der Waals surface area contributed by atoms with Gasteiger partial charge in [0.15, 0.2) is 0 Å². The average molecular weight is 290 g/mol. The Morgan fingerprint density at radius 3 is 2.53 bits per heavy atom. The van der Waals surface area contributed by atoms with Gasteiger partial charge in [-0.05, 0) is 37.6 Å². The molecule has 2 heterocycles. The van der Waals surface area contributed by atoms with E-state index in [0.29, 0.717) is 0 Å². The summed E-state index contributed by atoms with van der Waals surface area (Å²) in [5.41, 5.74) is 3.21. The molecule has 0 unspecified atom stereocenters. The molecule has 0 aliphatic carbocycles. The van der Waals surface area contributed by atoms with Crippen LogP contribution in [0.1, 0.15) is 11.4 Å². The van der Waals surface area contributed by atoms with E-state index in [-0.39, 0.29) is 0 Å². The molecule has 2 aromatic heterocycles. The van der Waals surface area contributed by atoms with Crippen LogP contribution in [0.4, 0.5) is 0 Å². The molecule has 0 bridgehead atoms. The lowest BCUT2D eigenvalue weighted by Gasteiger charge is -1.98. The van der Waals surface area contributed by atoms with Gasteiger partial charge in [0.25, 0.3) is 0 Å². The van der Waals surface area contributed by atoms with E-state index in [4.69, 9.17) is 11.6 Å². The summed E-state index contributed by atoms with van der Waals surface area (Å²) in [6.45, 7) is 4.01. The largest absolute Gasteiger partial charge is 0.226 e. The first kappa shape index (κ1) is 12.4. The van der Waals surface area contributed by atoms with Crippen LogP contribution in [0.5, 0.6) is 0 Å². The van der Waals surface area contributed by atoms with Crippen LogP contribution in [0.2, 0.25) is 5.02 Å². The Morgan fingerprint density at radius 2 is 1.89 bits per heavy atom. The zero-order chi connectivity index (χ0) is 13.4. The number of aryl methyl sites for hydroxylation is 2. The van der Waals surface area contributed by atoms with Crippen LogP contribution in [-0.2, 0) is 0 Å². The maximum absolute atomic E-state index is 5.90. The van der Waals surface area contributed by atoms with Gasteiger partial charge in [-0.15, -0.1) is 0 Å². The zero-order valence-corrected chi connectivity index (χ0v) is 12.2. The SMILES string of the molecule is Cc1cc(C)n(-c2ncc(-c3ccc(Cl)cc3)s2)n1. The fourth-order valence-electron chi connectivity index (χ4n) is 1.93. The van der Waals surface area contributed by atoms with E-state index in [1.165, 1.54) is 0 Å². The highest BCUT2D eigenvalue weighted by molar-refractivity contribution is 7.17. The van der Waals surface area contributed by atoms with Crippen LogP contribution in [0.15, 0.2) is 36.5 Å². The Kier molecular flexibility index (Phi) is 3.12. The first-order chi connectivity index (χ1) is 9.13. The van der Waals surface area contributed by atoms with Gasteiger partial charge in [-0.3, -0.25) is 0 Å². The third kappa shape index (κ3) is 2.41. The van der Waals surface area contributed by atoms with Gasteiger partial charge < -0.3 is 0 Å². The Bertz CT molecular complexity index is 713. The van der Waals surface area contributed by atoms with Crippen molar-refractivity contribution in [3.05, 3.63) is 52.9 Å². The molecule has 0 aliphatic heterocycles. The van der Waals surface area contributed by atoms with E-state index in [1.54, 1.807) is 11.3 Å². The normalized spacial score (nSPS) is 10.9. The number of hydrogen-bond acceptors (Lipinski definition) is 3. The molecule has 96 valence electrons. The molecule has 0 spiro atoms. The lowest BCUT2D eigenvalue weighted by atomic mass is 10.2. The van der Waals surface area contributed by atoms with E-state index >= 15 is 0 Å². The summed E-state index contributed by atoms with van der Waals surface area (Å²) >= 11 is 7.52. The molecule has 5 heteroatoms. The maximum atomic E-state index is 5.90. The highest BCUT2D eigenvalue weighted by Gasteiger charge is 2.09. The lowest BCUT2D eigenvalue weighted by molar-refractivity contribution is 0.825. The minimum Gasteiger partial charge on any atom is -0.226 e. The van der Waals surface area contributed by atoms with E-state index in [1.807, 2.05) is 55.1 Å². The standard InChI is InChI=1S/C14H12ClN3S/c1-9-7-10(2)18(17-9)14-16-8-13(19-14)11-3-5-12(15)6-4-11/h3-8H,1-2H3.